The van der Waals surface area contributed by atoms with E-state index in [2.05, 4.69) is 13.2 Å². The molecule has 51 heavy (non-hydrogen) atoms. The third-order valence-corrected chi connectivity index (χ3v) is 9.24. The molecule has 0 radical (unpaired) electrons. The fraction of sp³-hybridized carbons (Fsp3) is 0.0667. The first-order chi connectivity index (χ1) is 24.6. The summed E-state index contributed by atoms with van der Waals surface area (Å²) in [5.74, 6) is -1.16. The maximum absolute atomic E-state index is 13.5. The van der Waals surface area contributed by atoms with Gasteiger partial charge in [0.15, 0.2) is 11.5 Å². The Kier molecular flexibility index (Phi) is 8.37. The normalized spacial score (nSPS) is 12.4. The summed E-state index contributed by atoms with van der Waals surface area (Å²) in [6.07, 6.45) is 0. The van der Waals surface area contributed by atoms with Gasteiger partial charge in [-0.15, -0.1) is 0 Å². The number of phenolic OH excluding ortho intramolecular Hbond substituents is 2. The highest BCUT2D eigenvalue weighted by Gasteiger charge is 2.50. The summed E-state index contributed by atoms with van der Waals surface area (Å²) < 4.78 is 12.1. The summed E-state index contributed by atoms with van der Waals surface area (Å²) in [6, 6.07) is 41.4. The van der Waals surface area contributed by atoms with Crippen LogP contribution in [0.15, 0.2) is 158 Å². The average molecular weight is 671 g/mol. The number of benzene rings is 6. The van der Waals surface area contributed by atoms with Gasteiger partial charge in [0.05, 0.1) is 5.41 Å². The fourth-order valence-electron chi connectivity index (χ4n) is 6.89. The Morgan fingerprint density at radius 3 is 1.57 bits per heavy atom. The molecule has 0 saturated heterocycles. The lowest BCUT2D eigenvalue weighted by Gasteiger charge is -2.35. The highest BCUT2D eigenvalue weighted by molar-refractivity contribution is 5.96. The van der Waals surface area contributed by atoms with Gasteiger partial charge in [-0.3, -0.25) is 0 Å². The summed E-state index contributed by atoms with van der Waals surface area (Å²) in [6.45, 7) is 10.6. The molecule has 0 spiro atoms. The van der Waals surface area contributed by atoms with Gasteiger partial charge in [0.2, 0.25) is 0 Å². The molecule has 0 amide bonds. The molecular weight excluding hydrogens is 636 g/mol. The SMILES string of the molecule is C=C(C)C(=O)Oc1ccc2c(c1OC(=O)C(=C)C)C(c1ccc(O)c(-c3ccccc3)c1)(c1ccc(O)c(-c3ccccc3)c1)c1ccccc1-2. The lowest BCUT2D eigenvalue weighted by molar-refractivity contribution is -0.132. The molecule has 0 saturated carbocycles. The van der Waals surface area contributed by atoms with E-state index in [-0.39, 0.29) is 34.1 Å². The third kappa shape index (κ3) is 5.57. The van der Waals surface area contributed by atoms with E-state index in [1.54, 1.807) is 32.0 Å². The molecule has 1 aliphatic rings. The molecule has 2 N–H and O–H groups in total. The smallest absolute Gasteiger partial charge is 0.338 e. The molecule has 6 aromatic rings. The Morgan fingerprint density at radius 1 is 0.549 bits per heavy atom. The zero-order valence-corrected chi connectivity index (χ0v) is 28.1. The molecule has 1 aliphatic carbocycles. The van der Waals surface area contributed by atoms with E-state index >= 15 is 0 Å². The monoisotopic (exact) mass is 670 g/mol. The van der Waals surface area contributed by atoms with Gasteiger partial charge < -0.3 is 19.7 Å². The number of esters is 2. The number of rotatable bonds is 8. The van der Waals surface area contributed by atoms with Crippen LogP contribution in [0.25, 0.3) is 33.4 Å². The van der Waals surface area contributed by atoms with Gasteiger partial charge in [-0.05, 0) is 83.1 Å². The van der Waals surface area contributed by atoms with E-state index < -0.39 is 17.4 Å². The first kappa shape index (κ1) is 32.9. The molecule has 6 heteroatoms. The molecule has 0 aliphatic heterocycles. The van der Waals surface area contributed by atoms with Crippen LogP contribution < -0.4 is 9.47 Å². The van der Waals surface area contributed by atoms with Crippen molar-refractivity contribution in [3.8, 4) is 56.4 Å². The van der Waals surface area contributed by atoms with Crippen LogP contribution >= 0.6 is 0 Å². The lowest BCUT2D eigenvalue weighted by Crippen LogP contribution is -2.30. The predicted octanol–water partition coefficient (Wildman–Crippen LogP) is 9.76. The molecule has 0 bridgehead atoms. The van der Waals surface area contributed by atoms with Crippen LogP contribution in [0.1, 0.15) is 36.1 Å². The number of fused-ring (bicyclic) bond motifs is 3. The predicted molar refractivity (Wildman–Crippen MR) is 199 cm³/mol. The molecule has 6 aromatic carbocycles. The summed E-state index contributed by atoms with van der Waals surface area (Å²) >= 11 is 0. The Bertz CT molecular complexity index is 2280. The molecule has 0 aromatic heterocycles. The minimum atomic E-state index is -1.24. The van der Waals surface area contributed by atoms with Crippen molar-refractivity contribution in [3.05, 3.63) is 180 Å². The second-order valence-electron chi connectivity index (χ2n) is 12.6. The van der Waals surface area contributed by atoms with Crippen LogP contribution in [-0.2, 0) is 15.0 Å². The van der Waals surface area contributed by atoms with Gasteiger partial charge in [0.25, 0.3) is 0 Å². The van der Waals surface area contributed by atoms with Gasteiger partial charge in [0, 0.05) is 27.8 Å². The van der Waals surface area contributed by atoms with Crippen LogP contribution in [-0.4, -0.2) is 22.2 Å². The standard InChI is InChI=1S/C45H34O6/c1-27(2)43(48)50-40-24-21-34-33-17-11-12-18-37(33)45(41(34)42(40)51-44(49)28(3)4,31-19-22-38(46)35(25-31)29-13-7-5-8-14-29)32-20-23-39(47)36(26-32)30-15-9-6-10-16-30/h5-26,46-47H,1,3H2,2,4H3. The number of hydrogen-bond acceptors (Lipinski definition) is 6. The van der Waals surface area contributed by atoms with E-state index in [0.29, 0.717) is 16.7 Å². The summed E-state index contributed by atoms with van der Waals surface area (Å²) in [4.78, 5) is 26.5. The van der Waals surface area contributed by atoms with Crippen molar-refractivity contribution in [2.75, 3.05) is 0 Å². The van der Waals surface area contributed by atoms with Crippen molar-refractivity contribution in [2.45, 2.75) is 19.3 Å². The average Bonchev–Trinajstić information content (AvgIpc) is 3.44. The minimum absolute atomic E-state index is 0.0256. The van der Waals surface area contributed by atoms with Gasteiger partial charge >= 0.3 is 11.9 Å². The molecular formula is C45H34O6. The van der Waals surface area contributed by atoms with Crippen molar-refractivity contribution in [1.29, 1.82) is 0 Å². The summed E-state index contributed by atoms with van der Waals surface area (Å²) in [5, 5.41) is 22.5. The lowest BCUT2D eigenvalue weighted by atomic mass is 9.66. The second kappa shape index (κ2) is 13.0. The number of hydrogen-bond donors (Lipinski definition) is 2. The van der Waals surface area contributed by atoms with Gasteiger partial charge in [0.1, 0.15) is 11.5 Å². The number of ether oxygens (including phenoxy) is 2. The van der Waals surface area contributed by atoms with Crippen LogP contribution in [0.4, 0.5) is 0 Å². The van der Waals surface area contributed by atoms with E-state index in [0.717, 1.165) is 38.9 Å². The van der Waals surface area contributed by atoms with Crippen molar-refractivity contribution in [2.24, 2.45) is 0 Å². The first-order valence-electron chi connectivity index (χ1n) is 16.4. The number of carbonyl (C=O) groups is 2. The molecule has 6 nitrogen and oxygen atoms in total. The summed E-state index contributed by atoms with van der Waals surface area (Å²) in [5.41, 5.74) is 6.31. The summed E-state index contributed by atoms with van der Waals surface area (Å²) in [7, 11) is 0. The molecule has 7 rings (SSSR count). The molecule has 0 unspecified atom stereocenters. The topological polar surface area (TPSA) is 93.1 Å². The van der Waals surface area contributed by atoms with E-state index in [4.69, 9.17) is 9.47 Å². The van der Waals surface area contributed by atoms with Gasteiger partial charge in [-0.25, -0.2) is 9.59 Å². The third-order valence-electron chi connectivity index (χ3n) is 9.24. The van der Waals surface area contributed by atoms with Crippen LogP contribution in [0.5, 0.6) is 23.0 Å². The highest BCUT2D eigenvalue weighted by Crippen LogP contribution is 2.61. The first-order valence-corrected chi connectivity index (χ1v) is 16.4. The molecule has 0 heterocycles. The van der Waals surface area contributed by atoms with Gasteiger partial charge in [-0.1, -0.05) is 116 Å². The molecule has 0 fully saturated rings. The second-order valence-corrected chi connectivity index (χ2v) is 12.6. The van der Waals surface area contributed by atoms with Crippen LogP contribution in [0.2, 0.25) is 0 Å². The Morgan fingerprint density at radius 2 is 1.04 bits per heavy atom. The number of phenols is 2. The maximum atomic E-state index is 13.5. The highest BCUT2D eigenvalue weighted by atomic mass is 16.6. The van der Waals surface area contributed by atoms with Gasteiger partial charge in [-0.2, -0.15) is 0 Å². The Balaban J connectivity index is 1.66. The van der Waals surface area contributed by atoms with Crippen molar-refractivity contribution < 1.29 is 29.3 Å². The minimum Gasteiger partial charge on any atom is -0.507 e. The quantitative estimate of drug-likeness (QED) is 0.0950. The fourth-order valence-corrected chi connectivity index (χ4v) is 6.89. The van der Waals surface area contributed by atoms with Crippen molar-refractivity contribution in [1.82, 2.24) is 0 Å². The van der Waals surface area contributed by atoms with E-state index in [9.17, 15) is 19.8 Å². The Hall–Kier alpha value is -6.66. The van der Waals surface area contributed by atoms with Crippen molar-refractivity contribution in [3.63, 3.8) is 0 Å². The van der Waals surface area contributed by atoms with Crippen LogP contribution in [0, 0.1) is 0 Å². The zero-order valence-electron chi connectivity index (χ0n) is 28.1. The largest absolute Gasteiger partial charge is 0.507 e. The molecule has 250 valence electrons. The van der Waals surface area contributed by atoms with Crippen LogP contribution in [0.3, 0.4) is 0 Å². The number of carbonyl (C=O) groups excluding carboxylic acids is 2. The van der Waals surface area contributed by atoms with E-state index in [1.807, 2.05) is 115 Å². The van der Waals surface area contributed by atoms with Crippen molar-refractivity contribution >= 4 is 11.9 Å². The molecule has 0 atom stereocenters. The van der Waals surface area contributed by atoms with E-state index in [1.165, 1.54) is 0 Å². The number of aromatic hydroxyl groups is 2. The maximum Gasteiger partial charge on any atom is 0.338 e. The Labute approximate surface area is 296 Å². The zero-order chi connectivity index (χ0) is 35.9.